The number of benzene rings is 1. The average molecular weight is 455 g/mol. The maximum absolute atomic E-state index is 12.5. The first-order valence-electron chi connectivity index (χ1n) is 6.74. The van der Waals surface area contributed by atoms with Crippen LogP contribution in [0.25, 0.3) is 6.08 Å². The molecule has 1 aromatic heterocycles. The zero-order valence-electron chi connectivity index (χ0n) is 13.1. The van der Waals surface area contributed by atoms with E-state index in [9.17, 15) is 15.2 Å². The number of aromatic nitrogens is 2. The predicted octanol–water partition coefficient (Wildman–Crippen LogP) is 3.99. The summed E-state index contributed by atoms with van der Waals surface area (Å²) in [7, 11) is 1.41. The van der Waals surface area contributed by atoms with E-state index in [1.165, 1.54) is 23.9 Å². The Morgan fingerprint density at radius 3 is 2.54 bits per heavy atom. The van der Waals surface area contributed by atoms with Crippen molar-refractivity contribution in [2.24, 2.45) is 0 Å². The van der Waals surface area contributed by atoms with Crippen LogP contribution in [0.15, 0.2) is 26.7 Å². The summed E-state index contributed by atoms with van der Waals surface area (Å²) in [5, 5.41) is 23.4. The Labute approximate surface area is 155 Å². The first kappa shape index (κ1) is 18.2. The summed E-state index contributed by atoms with van der Waals surface area (Å²) in [6.07, 6.45) is 1.41. The van der Waals surface area contributed by atoms with Gasteiger partial charge in [-0.2, -0.15) is 10.4 Å². The number of hydrogen-bond acceptors (Lipinski definition) is 5. The number of methoxy groups -OCH3 is 1. The second-order valence-corrected chi connectivity index (χ2v) is 6.54. The van der Waals surface area contributed by atoms with Crippen LogP contribution < -0.4 is 4.74 Å². The molecule has 8 heteroatoms. The lowest BCUT2D eigenvalue weighted by molar-refractivity contribution is 0.0943. The van der Waals surface area contributed by atoms with Crippen LogP contribution in [0.4, 0.5) is 0 Å². The van der Waals surface area contributed by atoms with Crippen LogP contribution in [0.3, 0.4) is 0 Å². The van der Waals surface area contributed by atoms with Gasteiger partial charge in [0.1, 0.15) is 11.6 Å². The molecule has 0 radical (unpaired) electrons. The molecule has 124 valence electrons. The number of rotatable bonds is 3. The number of hydrogen-bond donors (Lipinski definition) is 1. The Kier molecular flexibility index (Phi) is 5.47. The molecule has 0 aliphatic carbocycles. The minimum absolute atomic E-state index is 0.0788. The fourth-order valence-corrected chi connectivity index (χ4v) is 2.96. The van der Waals surface area contributed by atoms with Crippen molar-refractivity contribution >= 4 is 43.8 Å². The van der Waals surface area contributed by atoms with E-state index in [2.05, 4.69) is 37.0 Å². The molecule has 0 saturated heterocycles. The first-order valence-corrected chi connectivity index (χ1v) is 8.33. The summed E-state index contributed by atoms with van der Waals surface area (Å²) in [4.78, 5) is 12.5. The number of nitriles is 1. The predicted molar refractivity (Wildman–Crippen MR) is 96.0 cm³/mol. The van der Waals surface area contributed by atoms with Crippen LogP contribution in [0.2, 0.25) is 0 Å². The summed E-state index contributed by atoms with van der Waals surface area (Å²) < 4.78 is 7.13. The summed E-state index contributed by atoms with van der Waals surface area (Å²) in [6, 6.07) is 5.17. The third-order valence-corrected chi connectivity index (χ3v) is 5.41. The molecule has 1 N–H and O–H groups in total. The number of carbonyl (C=O) groups is 1. The van der Waals surface area contributed by atoms with Gasteiger partial charge < -0.3 is 9.84 Å². The van der Waals surface area contributed by atoms with Crippen molar-refractivity contribution < 1.29 is 14.6 Å². The van der Waals surface area contributed by atoms with Crippen molar-refractivity contribution in [2.45, 2.75) is 13.8 Å². The number of aryl methyl sites for hydroxylation is 2. The second kappa shape index (κ2) is 7.20. The zero-order chi connectivity index (χ0) is 18.0. The van der Waals surface area contributed by atoms with Crippen LogP contribution in [0.1, 0.15) is 21.7 Å². The van der Waals surface area contributed by atoms with Gasteiger partial charge in [0, 0.05) is 10.2 Å². The molecule has 1 heterocycles. The number of halogens is 2. The van der Waals surface area contributed by atoms with Crippen LogP contribution in [0, 0.1) is 25.2 Å². The monoisotopic (exact) mass is 453 g/mol. The zero-order valence-corrected chi connectivity index (χ0v) is 16.3. The Morgan fingerprint density at radius 2 is 2.04 bits per heavy atom. The molecule has 0 amide bonds. The number of phenols is 1. The maximum atomic E-state index is 12.5. The van der Waals surface area contributed by atoms with Gasteiger partial charge >= 0.3 is 0 Å². The van der Waals surface area contributed by atoms with Crippen LogP contribution in [-0.2, 0) is 0 Å². The molecule has 0 spiro atoms. The molecule has 2 aromatic rings. The van der Waals surface area contributed by atoms with Gasteiger partial charge in [0.05, 0.1) is 17.3 Å². The lowest BCUT2D eigenvalue weighted by atomic mass is 10.1. The van der Waals surface area contributed by atoms with Gasteiger partial charge in [-0.15, -0.1) is 0 Å². The van der Waals surface area contributed by atoms with Gasteiger partial charge in [-0.1, -0.05) is 0 Å². The largest absolute Gasteiger partial charge is 0.503 e. The Balaban J connectivity index is 2.56. The standard InChI is InChI=1S/C16H13Br2N3O3/c1-8-4-9(2)21(20-8)16(23)11(7-19)5-10-6-12(24-3)15(22)14(18)13(10)17/h4-6,22H,1-3H3/b11-5+. The van der Waals surface area contributed by atoms with Gasteiger partial charge in [0.2, 0.25) is 0 Å². The molecule has 0 bridgehead atoms. The maximum Gasteiger partial charge on any atom is 0.289 e. The SMILES string of the molecule is COc1cc(/C=C(\C#N)C(=O)n2nc(C)cc2C)c(Br)c(Br)c1O. The summed E-state index contributed by atoms with van der Waals surface area (Å²) >= 11 is 6.56. The fourth-order valence-electron chi connectivity index (χ4n) is 2.12. The van der Waals surface area contributed by atoms with E-state index in [0.717, 1.165) is 0 Å². The van der Waals surface area contributed by atoms with E-state index in [4.69, 9.17) is 4.74 Å². The Bertz CT molecular complexity index is 895. The molecule has 0 aliphatic heterocycles. The number of allylic oxidation sites excluding steroid dienone is 1. The third-order valence-electron chi connectivity index (χ3n) is 3.25. The quantitative estimate of drug-likeness (QED) is 0.559. The Morgan fingerprint density at radius 1 is 1.38 bits per heavy atom. The number of phenolic OH excluding ortho intramolecular Hbond substituents is 1. The minimum atomic E-state index is -0.529. The molecule has 2 rings (SSSR count). The van der Waals surface area contributed by atoms with Gasteiger partial charge in [-0.05, 0) is 69.5 Å². The van der Waals surface area contributed by atoms with E-state index >= 15 is 0 Å². The summed E-state index contributed by atoms with van der Waals surface area (Å²) in [5.41, 5.74) is 1.74. The summed E-state index contributed by atoms with van der Waals surface area (Å²) in [6.45, 7) is 3.51. The second-order valence-electron chi connectivity index (χ2n) is 4.96. The highest BCUT2D eigenvalue weighted by Gasteiger charge is 2.18. The highest BCUT2D eigenvalue weighted by molar-refractivity contribution is 9.13. The molecule has 0 atom stereocenters. The van der Waals surface area contributed by atoms with Crippen molar-refractivity contribution in [1.82, 2.24) is 9.78 Å². The molecule has 24 heavy (non-hydrogen) atoms. The highest BCUT2D eigenvalue weighted by Crippen LogP contribution is 2.42. The van der Waals surface area contributed by atoms with E-state index in [1.54, 1.807) is 19.9 Å². The van der Waals surface area contributed by atoms with E-state index in [0.29, 0.717) is 25.9 Å². The normalized spacial score (nSPS) is 11.2. The van der Waals surface area contributed by atoms with Crippen LogP contribution in [0.5, 0.6) is 11.5 Å². The number of carbonyl (C=O) groups excluding carboxylic acids is 1. The minimum Gasteiger partial charge on any atom is -0.503 e. The average Bonchev–Trinajstić information content (AvgIpc) is 2.90. The van der Waals surface area contributed by atoms with Crippen LogP contribution >= 0.6 is 31.9 Å². The third kappa shape index (κ3) is 3.37. The van der Waals surface area contributed by atoms with Crippen molar-refractivity contribution in [3.8, 4) is 17.6 Å². The lowest BCUT2D eigenvalue weighted by Crippen LogP contribution is -2.15. The van der Waals surface area contributed by atoms with Gasteiger partial charge in [0.15, 0.2) is 11.5 Å². The van der Waals surface area contributed by atoms with E-state index in [1.807, 2.05) is 6.07 Å². The van der Waals surface area contributed by atoms with Crippen molar-refractivity contribution in [3.05, 3.63) is 43.6 Å². The van der Waals surface area contributed by atoms with E-state index in [-0.39, 0.29) is 17.1 Å². The van der Waals surface area contributed by atoms with Gasteiger partial charge in [0.25, 0.3) is 5.91 Å². The van der Waals surface area contributed by atoms with Crippen molar-refractivity contribution in [3.63, 3.8) is 0 Å². The van der Waals surface area contributed by atoms with Crippen molar-refractivity contribution in [1.29, 1.82) is 5.26 Å². The van der Waals surface area contributed by atoms with E-state index < -0.39 is 5.91 Å². The number of nitrogens with zero attached hydrogens (tertiary/aromatic N) is 3. The molecule has 0 aliphatic rings. The number of ether oxygens (including phenoxy) is 1. The lowest BCUT2D eigenvalue weighted by Gasteiger charge is -2.10. The number of aromatic hydroxyl groups is 1. The summed E-state index contributed by atoms with van der Waals surface area (Å²) in [5.74, 6) is -0.393. The molecule has 0 unspecified atom stereocenters. The molecular formula is C16H13Br2N3O3. The van der Waals surface area contributed by atoms with Crippen LogP contribution in [-0.4, -0.2) is 27.9 Å². The Hall–Kier alpha value is -2.11. The van der Waals surface area contributed by atoms with Gasteiger partial charge in [-0.25, -0.2) is 4.68 Å². The molecule has 1 aromatic carbocycles. The topological polar surface area (TPSA) is 88.1 Å². The van der Waals surface area contributed by atoms with Crippen molar-refractivity contribution in [2.75, 3.05) is 7.11 Å². The highest BCUT2D eigenvalue weighted by atomic mass is 79.9. The molecule has 0 fully saturated rings. The molecular weight excluding hydrogens is 442 g/mol. The first-order chi connectivity index (χ1) is 11.3. The molecule has 6 nitrogen and oxygen atoms in total. The fraction of sp³-hybridized carbons (Fsp3) is 0.188. The van der Waals surface area contributed by atoms with Gasteiger partial charge in [-0.3, -0.25) is 4.79 Å². The smallest absolute Gasteiger partial charge is 0.289 e. The molecule has 0 saturated carbocycles.